The fraction of sp³-hybridized carbons (Fsp3) is 0.533. The summed E-state index contributed by atoms with van der Waals surface area (Å²) in [5, 5.41) is 13.9. The highest BCUT2D eigenvalue weighted by Crippen LogP contribution is 2.38. The highest BCUT2D eigenvalue weighted by Gasteiger charge is 2.30. The predicted molar refractivity (Wildman–Crippen MR) is 147 cm³/mol. The lowest BCUT2D eigenvalue weighted by Crippen LogP contribution is -2.32. The molecule has 2 aliphatic rings. The molecule has 5 nitrogen and oxygen atoms in total. The summed E-state index contributed by atoms with van der Waals surface area (Å²) < 4.78 is 0. The minimum absolute atomic E-state index is 0.0213. The van der Waals surface area contributed by atoms with E-state index in [9.17, 15) is 9.90 Å². The van der Waals surface area contributed by atoms with Gasteiger partial charge < -0.3 is 15.3 Å². The molecule has 2 N–H and O–H groups in total. The first-order valence-corrected chi connectivity index (χ1v) is 14.2. The van der Waals surface area contributed by atoms with Gasteiger partial charge in [-0.25, -0.2) is 4.98 Å². The van der Waals surface area contributed by atoms with E-state index >= 15 is 0 Å². The van der Waals surface area contributed by atoms with Crippen molar-refractivity contribution in [2.24, 2.45) is 17.3 Å². The number of benzene rings is 1. The van der Waals surface area contributed by atoms with E-state index in [2.05, 4.69) is 49.2 Å². The number of aryl methyl sites for hydroxylation is 1. The zero-order valence-electron chi connectivity index (χ0n) is 21.8. The van der Waals surface area contributed by atoms with Crippen LogP contribution in [0.2, 0.25) is 0 Å². The first kappa shape index (κ1) is 25.4. The molecule has 1 saturated heterocycles. The molecule has 36 heavy (non-hydrogen) atoms. The van der Waals surface area contributed by atoms with Gasteiger partial charge in [-0.3, -0.25) is 4.79 Å². The van der Waals surface area contributed by atoms with Gasteiger partial charge >= 0.3 is 0 Å². The predicted octanol–water partition coefficient (Wildman–Crippen LogP) is 5.62. The summed E-state index contributed by atoms with van der Waals surface area (Å²) in [6, 6.07) is 14.5. The number of nitrogens with one attached hydrogen (secondary N) is 1. The lowest BCUT2D eigenvalue weighted by atomic mass is 9.71. The van der Waals surface area contributed by atoms with Gasteiger partial charge in [0.15, 0.2) is 0 Å². The summed E-state index contributed by atoms with van der Waals surface area (Å²) in [5.41, 5.74) is 4.00. The monoisotopic (exact) mass is 505 g/mol. The zero-order chi connectivity index (χ0) is 25.3. The van der Waals surface area contributed by atoms with Crippen molar-refractivity contribution in [3.05, 3.63) is 64.2 Å². The second kappa shape index (κ2) is 10.6. The number of fused-ring (bicyclic) bond motifs is 2. The Balaban J connectivity index is 1.31. The molecule has 3 aromatic rings. The Kier molecular flexibility index (Phi) is 7.47. The number of amides is 1. The quantitative estimate of drug-likeness (QED) is 0.437. The molecule has 192 valence electrons. The lowest BCUT2D eigenvalue weighted by Gasteiger charge is -2.34. The molecule has 1 aliphatic carbocycles. The van der Waals surface area contributed by atoms with E-state index in [1.165, 1.54) is 29.0 Å². The van der Waals surface area contributed by atoms with E-state index in [0.717, 1.165) is 66.0 Å². The minimum atomic E-state index is -0.0502. The van der Waals surface area contributed by atoms with Crippen molar-refractivity contribution in [1.82, 2.24) is 15.2 Å². The number of carbonyl (C=O) groups excluding carboxylic acids is 1. The molecule has 3 atom stereocenters. The van der Waals surface area contributed by atoms with Crippen molar-refractivity contribution in [3.8, 4) is 0 Å². The average molecular weight is 506 g/mol. The van der Waals surface area contributed by atoms with Crippen LogP contribution in [0.5, 0.6) is 0 Å². The summed E-state index contributed by atoms with van der Waals surface area (Å²) in [7, 11) is 0. The molecular formula is C30H39N3O2S. The third-order valence-corrected chi connectivity index (χ3v) is 9.23. The summed E-state index contributed by atoms with van der Waals surface area (Å²) in [5.74, 6) is 1.03. The number of likely N-dealkylation sites (tertiary alicyclic amines) is 1. The largest absolute Gasteiger partial charge is 0.396 e. The van der Waals surface area contributed by atoms with Crippen molar-refractivity contribution in [1.29, 1.82) is 0 Å². The molecule has 0 spiro atoms. The first-order chi connectivity index (χ1) is 17.3. The van der Waals surface area contributed by atoms with Crippen LogP contribution in [-0.2, 0) is 12.8 Å². The molecule has 0 saturated carbocycles. The second-order valence-corrected chi connectivity index (χ2v) is 12.8. The molecule has 1 fully saturated rings. The fourth-order valence-electron chi connectivity index (χ4n) is 5.79. The van der Waals surface area contributed by atoms with E-state index in [1.54, 1.807) is 0 Å². The maximum absolute atomic E-state index is 13.4. The van der Waals surface area contributed by atoms with Crippen LogP contribution in [0.15, 0.2) is 42.5 Å². The topological polar surface area (TPSA) is 65.5 Å². The number of rotatable bonds is 7. The van der Waals surface area contributed by atoms with E-state index in [4.69, 9.17) is 4.98 Å². The minimum Gasteiger partial charge on any atom is -0.396 e. The van der Waals surface area contributed by atoms with E-state index in [-0.39, 0.29) is 18.6 Å². The van der Waals surface area contributed by atoms with Crippen LogP contribution in [0, 0.1) is 17.3 Å². The van der Waals surface area contributed by atoms with Crippen molar-refractivity contribution in [2.75, 3.05) is 26.2 Å². The van der Waals surface area contributed by atoms with Gasteiger partial charge in [0.05, 0.1) is 10.9 Å². The maximum atomic E-state index is 13.4. The lowest BCUT2D eigenvalue weighted by molar-refractivity contribution is 0.0936. The molecule has 1 amide bonds. The van der Waals surface area contributed by atoms with Crippen LogP contribution in [0.25, 0.3) is 10.2 Å². The van der Waals surface area contributed by atoms with E-state index in [0.29, 0.717) is 17.3 Å². The number of aliphatic hydroxyl groups is 1. The number of nitrogens with zero attached hydrogens (tertiary/aromatic N) is 2. The number of hydrogen-bond donors (Lipinski definition) is 2. The Morgan fingerprint density at radius 1 is 1.22 bits per heavy atom. The number of aromatic nitrogens is 1. The molecule has 1 unspecified atom stereocenters. The van der Waals surface area contributed by atoms with Gasteiger partial charge in [-0.2, -0.15) is 0 Å². The Morgan fingerprint density at radius 2 is 2.03 bits per heavy atom. The third-order valence-electron chi connectivity index (χ3n) is 8.19. The van der Waals surface area contributed by atoms with Gasteiger partial charge in [0.1, 0.15) is 4.83 Å². The van der Waals surface area contributed by atoms with E-state index in [1.807, 2.05) is 24.3 Å². The van der Waals surface area contributed by atoms with Crippen LogP contribution in [0.1, 0.15) is 72.6 Å². The summed E-state index contributed by atoms with van der Waals surface area (Å²) >= 11 is 1.51. The normalized spacial score (nSPS) is 21.4. The molecule has 0 bridgehead atoms. The zero-order valence-corrected chi connectivity index (χ0v) is 22.6. The highest BCUT2D eigenvalue weighted by atomic mass is 32.1. The molecule has 1 aliphatic heterocycles. The third kappa shape index (κ3) is 5.66. The molecule has 5 rings (SSSR count). The summed E-state index contributed by atoms with van der Waals surface area (Å²) in [6.45, 7) is 10.1. The van der Waals surface area contributed by atoms with Crippen molar-refractivity contribution < 1.29 is 9.90 Å². The maximum Gasteiger partial charge on any atom is 0.261 e. The van der Waals surface area contributed by atoms with Crippen LogP contribution >= 0.6 is 11.3 Å². The van der Waals surface area contributed by atoms with E-state index < -0.39 is 0 Å². The van der Waals surface area contributed by atoms with Crippen molar-refractivity contribution in [3.63, 3.8) is 0 Å². The number of carbonyl (C=O) groups is 1. The van der Waals surface area contributed by atoms with Gasteiger partial charge in [-0.15, -0.1) is 11.3 Å². The first-order valence-electron chi connectivity index (χ1n) is 13.4. The van der Waals surface area contributed by atoms with Gasteiger partial charge in [0.25, 0.3) is 5.91 Å². The molecule has 0 radical (unpaired) electrons. The van der Waals surface area contributed by atoms with Gasteiger partial charge in [-0.1, -0.05) is 51.1 Å². The molecule has 2 aromatic heterocycles. The summed E-state index contributed by atoms with van der Waals surface area (Å²) in [6.07, 6.45) is 5.18. The number of hydrogen-bond acceptors (Lipinski definition) is 5. The molecule has 3 heterocycles. The molecule has 6 heteroatoms. The van der Waals surface area contributed by atoms with Crippen LogP contribution < -0.4 is 5.32 Å². The van der Waals surface area contributed by atoms with Crippen LogP contribution in [-0.4, -0.2) is 47.1 Å². The van der Waals surface area contributed by atoms with Gasteiger partial charge in [0, 0.05) is 30.8 Å². The van der Waals surface area contributed by atoms with Gasteiger partial charge in [-0.05, 0) is 79.2 Å². The van der Waals surface area contributed by atoms with Crippen LogP contribution in [0.3, 0.4) is 0 Å². The Morgan fingerprint density at radius 3 is 2.75 bits per heavy atom. The van der Waals surface area contributed by atoms with Crippen molar-refractivity contribution >= 4 is 27.5 Å². The van der Waals surface area contributed by atoms with Gasteiger partial charge in [0.2, 0.25) is 0 Å². The Bertz CT molecular complexity index is 1200. The highest BCUT2D eigenvalue weighted by molar-refractivity contribution is 7.20. The fourth-order valence-corrected chi connectivity index (χ4v) is 6.73. The Hall–Kier alpha value is -2.28. The smallest absolute Gasteiger partial charge is 0.261 e. The number of aliphatic hydroxyl groups excluding tert-OH is 1. The number of pyridine rings is 1. The molecular weight excluding hydrogens is 466 g/mol. The summed E-state index contributed by atoms with van der Waals surface area (Å²) in [4.78, 5) is 22.5. The average Bonchev–Trinajstić information content (AvgIpc) is 3.51. The van der Waals surface area contributed by atoms with Crippen molar-refractivity contribution in [2.45, 2.75) is 58.9 Å². The second-order valence-electron chi connectivity index (χ2n) is 11.8. The van der Waals surface area contributed by atoms with Crippen LogP contribution in [0.4, 0.5) is 0 Å². The SMILES string of the molecule is CC(C)(C)[C@H]1CCc2nc3sc(C(=O)N[C@H](CCN4CCC(CO)C4)c4ccccc4)cc3cc2C1. The standard InChI is InChI=1S/C30H39N3O2S/c1-30(2,3)24-9-10-25-22(16-24)15-23-17-27(36-29(23)32-25)28(35)31-26(21-7-5-4-6-8-21)12-14-33-13-11-20(18-33)19-34/h4-8,15,17,20,24,26,34H,9-14,16,18-19H2,1-3H3,(H,31,35)/t20?,24-,26+/m0/s1. The Labute approximate surface area is 218 Å². The number of thiophene rings is 1. The molecule has 1 aromatic carbocycles.